The summed E-state index contributed by atoms with van der Waals surface area (Å²) in [6.07, 6.45) is 3.71. The standard InChI is InChI=1S/C19H25ClN4O/c1-3-8-24-12-16(14(2)22-24)10-21-17-9-19(25)23(13-17)11-15-6-4-5-7-18(15)20/h4-7,12,17,21H,3,8-11,13H2,1-2H3. The second-order valence-electron chi connectivity index (χ2n) is 6.65. The van der Waals surface area contributed by atoms with Crippen molar-refractivity contribution in [3.8, 4) is 0 Å². The number of benzene rings is 1. The number of hydrogen-bond acceptors (Lipinski definition) is 3. The smallest absolute Gasteiger partial charge is 0.224 e. The molecule has 0 spiro atoms. The number of amides is 1. The fraction of sp³-hybridized carbons (Fsp3) is 0.474. The number of carbonyl (C=O) groups is 1. The van der Waals surface area contributed by atoms with Crippen LogP contribution in [0.25, 0.3) is 0 Å². The van der Waals surface area contributed by atoms with E-state index in [1.54, 1.807) is 0 Å². The summed E-state index contributed by atoms with van der Waals surface area (Å²) >= 11 is 6.21. The van der Waals surface area contributed by atoms with Gasteiger partial charge in [-0.2, -0.15) is 5.10 Å². The normalized spacial score (nSPS) is 17.5. The molecule has 2 aromatic rings. The zero-order valence-electron chi connectivity index (χ0n) is 14.8. The number of carbonyl (C=O) groups excluding carboxylic acids is 1. The van der Waals surface area contributed by atoms with Crippen LogP contribution in [0, 0.1) is 6.92 Å². The zero-order chi connectivity index (χ0) is 17.8. The van der Waals surface area contributed by atoms with Gasteiger partial charge in [-0.15, -0.1) is 0 Å². The van der Waals surface area contributed by atoms with Crippen LogP contribution in [-0.2, 0) is 24.4 Å². The van der Waals surface area contributed by atoms with Gasteiger partial charge in [0.15, 0.2) is 0 Å². The van der Waals surface area contributed by atoms with Gasteiger partial charge in [0.25, 0.3) is 0 Å². The van der Waals surface area contributed by atoms with E-state index >= 15 is 0 Å². The first-order chi connectivity index (χ1) is 12.1. The molecule has 1 N–H and O–H groups in total. The highest BCUT2D eigenvalue weighted by molar-refractivity contribution is 6.31. The predicted octanol–water partition coefficient (Wildman–Crippen LogP) is 3.15. The van der Waals surface area contributed by atoms with Crippen LogP contribution in [0.5, 0.6) is 0 Å². The molecular weight excluding hydrogens is 336 g/mol. The Morgan fingerprint density at radius 3 is 2.88 bits per heavy atom. The molecule has 1 aromatic heterocycles. The van der Waals surface area contributed by atoms with E-state index in [0.717, 1.165) is 30.8 Å². The van der Waals surface area contributed by atoms with Crippen LogP contribution in [0.4, 0.5) is 0 Å². The van der Waals surface area contributed by atoms with E-state index in [2.05, 4.69) is 23.5 Å². The lowest BCUT2D eigenvalue weighted by Gasteiger charge is -2.18. The van der Waals surface area contributed by atoms with E-state index in [1.165, 1.54) is 5.56 Å². The highest BCUT2D eigenvalue weighted by Gasteiger charge is 2.29. The van der Waals surface area contributed by atoms with Gasteiger partial charge in [-0.1, -0.05) is 36.7 Å². The van der Waals surface area contributed by atoms with Crippen LogP contribution >= 0.6 is 11.6 Å². The van der Waals surface area contributed by atoms with Crippen molar-refractivity contribution in [2.24, 2.45) is 0 Å². The van der Waals surface area contributed by atoms with Crippen LogP contribution in [0.3, 0.4) is 0 Å². The van der Waals surface area contributed by atoms with E-state index in [-0.39, 0.29) is 11.9 Å². The molecule has 1 atom stereocenters. The predicted molar refractivity (Wildman–Crippen MR) is 99.4 cm³/mol. The van der Waals surface area contributed by atoms with Crippen molar-refractivity contribution < 1.29 is 4.79 Å². The lowest BCUT2D eigenvalue weighted by atomic mass is 10.2. The van der Waals surface area contributed by atoms with E-state index in [9.17, 15) is 4.79 Å². The molecule has 0 bridgehead atoms. The van der Waals surface area contributed by atoms with Crippen LogP contribution in [0.2, 0.25) is 5.02 Å². The first-order valence-corrected chi connectivity index (χ1v) is 9.22. The summed E-state index contributed by atoms with van der Waals surface area (Å²) < 4.78 is 2.00. The van der Waals surface area contributed by atoms with Crippen LogP contribution < -0.4 is 5.32 Å². The molecule has 0 aliphatic carbocycles. The minimum absolute atomic E-state index is 0.170. The van der Waals surface area contributed by atoms with E-state index in [4.69, 9.17) is 11.6 Å². The number of nitrogens with zero attached hydrogens (tertiary/aromatic N) is 3. The van der Waals surface area contributed by atoms with E-state index in [0.29, 0.717) is 24.5 Å². The Bertz CT molecular complexity index is 743. The summed E-state index contributed by atoms with van der Waals surface area (Å²) in [6, 6.07) is 7.87. The summed E-state index contributed by atoms with van der Waals surface area (Å²) in [7, 11) is 0. The number of hydrogen-bond donors (Lipinski definition) is 1. The Labute approximate surface area is 154 Å². The van der Waals surface area contributed by atoms with Gasteiger partial charge in [0.05, 0.1) is 5.69 Å². The van der Waals surface area contributed by atoms with Gasteiger partial charge >= 0.3 is 0 Å². The second kappa shape index (κ2) is 8.02. The molecule has 1 aliphatic heterocycles. The largest absolute Gasteiger partial charge is 0.337 e. The SMILES string of the molecule is CCCn1cc(CNC2CC(=O)N(Cc3ccccc3Cl)C2)c(C)n1. The molecular formula is C19H25ClN4O. The van der Waals surface area contributed by atoms with Crippen molar-refractivity contribution >= 4 is 17.5 Å². The average Bonchev–Trinajstić information content (AvgIpc) is 3.10. The Morgan fingerprint density at radius 1 is 1.32 bits per heavy atom. The lowest BCUT2D eigenvalue weighted by Crippen LogP contribution is -2.32. The molecule has 6 heteroatoms. The number of rotatable bonds is 7. The van der Waals surface area contributed by atoms with Crippen molar-refractivity contribution in [2.45, 2.75) is 52.4 Å². The molecule has 134 valence electrons. The van der Waals surface area contributed by atoms with Crippen molar-refractivity contribution in [3.05, 3.63) is 52.3 Å². The third kappa shape index (κ3) is 4.41. The first kappa shape index (κ1) is 18.0. The minimum Gasteiger partial charge on any atom is -0.337 e. The van der Waals surface area contributed by atoms with Crippen LogP contribution in [0.15, 0.2) is 30.5 Å². The zero-order valence-corrected chi connectivity index (χ0v) is 15.6. The monoisotopic (exact) mass is 360 g/mol. The Kier molecular flexibility index (Phi) is 5.76. The molecule has 0 saturated carbocycles. The molecule has 2 heterocycles. The number of likely N-dealkylation sites (tertiary alicyclic amines) is 1. The van der Waals surface area contributed by atoms with Gasteiger partial charge in [0, 0.05) is 55.4 Å². The Morgan fingerprint density at radius 2 is 2.12 bits per heavy atom. The molecule has 1 aliphatic rings. The quantitative estimate of drug-likeness (QED) is 0.825. The molecule has 1 unspecified atom stereocenters. The van der Waals surface area contributed by atoms with Gasteiger partial charge in [-0.05, 0) is 25.0 Å². The number of halogens is 1. The van der Waals surface area contributed by atoms with Gasteiger partial charge in [-0.25, -0.2) is 0 Å². The first-order valence-electron chi connectivity index (χ1n) is 8.84. The fourth-order valence-corrected chi connectivity index (χ4v) is 3.42. The van der Waals surface area contributed by atoms with Crippen LogP contribution in [-0.4, -0.2) is 33.2 Å². The van der Waals surface area contributed by atoms with Gasteiger partial charge in [-0.3, -0.25) is 9.48 Å². The maximum absolute atomic E-state index is 12.3. The summed E-state index contributed by atoms with van der Waals surface area (Å²) in [5, 5.41) is 8.75. The Balaban J connectivity index is 1.55. The summed E-state index contributed by atoms with van der Waals surface area (Å²) in [5.74, 6) is 0.177. The van der Waals surface area contributed by atoms with Gasteiger partial charge in [0.2, 0.25) is 5.91 Å². The molecule has 0 radical (unpaired) electrons. The summed E-state index contributed by atoms with van der Waals surface area (Å²) in [5.41, 5.74) is 3.25. The topological polar surface area (TPSA) is 50.2 Å². The molecule has 1 aromatic carbocycles. The van der Waals surface area contributed by atoms with Crippen LogP contribution in [0.1, 0.15) is 36.6 Å². The highest BCUT2D eigenvalue weighted by Crippen LogP contribution is 2.21. The Hall–Kier alpha value is -1.85. The molecule has 1 fully saturated rings. The maximum Gasteiger partial charge on any atom is 0.224 e. The van der Waals surface area contributed by atoms with Crippen molar-refractivity contribution in [3.63, 3.8) is 0 Å². The molecule has 1 saturated heterocycles. The lowest BCUT2D eigenvalue weighted by molar-refractivity contribution is -0.128. The number of nitrogens with one attached hydrogen (secondary N) is 1. The second-order valence-corrected chi connectivity index (χ2v) is 7.06. The minimum atomic E-state index is 0.170. The maximum atomic E-state index is 12.3. The van der Waals surface area contributed by atoms with E-state index < -0.39 is 0 Å². The van der Waals surface area contributed by atoms with Crippen molar-refractivity contribution in [2.75, 3.05) is 6.54 Å². The van der Waals surface area contributed by atoms with Crippen molar-refractivity contribution in [1.82, 2.24) is 20.0 Å². The molecule has 5 nitrogen and oxygen atoms in total. The average molecular weight is 361 g/mol. The van der Waals surface area contributed by atoms with Gasteiger partial charge in [0.1, 0.15) is 0 Å². The summed E-state index contributed by atoms with van der Waals surface area (Å²) in [4.78, 5) is 14.2. The molecule has 25 heavy (non-hydrogen) atoms. The highest BCUT2D eigenvalue weighted by atomic mass is 35.5. The van der Waals surface area contributed by atoms with Gasteiger partial charge < -0.3 is 10.2 Å². The third-order valence-electron chi connectivity index (χ3n) is 4.62. The molecule has 3 rings (SSSR count). The fourth-order valence-electron chi connectivity index (χ4n) is 3.22. The third-order valence-corrected chi connectivity index (χ3v) is 4.98. The van der Waals surface area contributed by atoms with Crippen molar-refractivity contribution in [1.29, 1.82) is 0 Å². The number of aryl methyl sites for hydroxylation is 2. The molecule has 1 amide bonds. The summed E-state index contributed by atoms with van der Waals surface area (Å²) in [6.45, 7) is 7.15. The number of aromatic nitrogens is 2. The van der Waals surface area contributed by atoms with E-state index in [1.807, 2.05) is 40.8 Å².